The number of carbonyl (C=O) groups excluding carboxylic acids is 1. The maximum atomic E-state index is 12.3. The van der Waals surface area contributed by atoms with Crippen LogP contribution in [0, 0.1) is 5.92 Å². The van der Waals surface area contributed by atoms with Crippen LogP contribution in [0.25, 0.3) is 0 Å². The molecule has 1 amide bonds. The van der Waals surface area contributed by atoms with Crippen LogP contribution in [0.2, 0.25) is 0 Å². The van der Waals surface area contributed by atoms with Gasteiger partial charge in [0.05, 0.1) is 0 Å². The summed E-state index contributed by atoms with van der Waals surface area (Å²) >= 11 is 3.49. The lowest BCUT2D eigenvalue weighted by Gasteiger charge is -2.18. The minimum absolute atomic E-state index is 0.250. The van der Waals surface area contributed by atoms with Crippen molar-refractivity contribution in [3.05, 3.63) is 70.2 Å². The summed E-state index contributed by atoms with van der Waals surface area (Å²) < 4.78 is 1.06. The number of guanidine groups is 1. The number of benzene rings is 2. The van der Waals surface area contributed by atoms with E-state index in [4.69, 9.17) is 0 Å². The lowest BCUT2D eigenvalue weighted by atomic mass is 10.1. The van der Waals surface area contributed by atoms with Crippen molar-refractivity contribution in [3.63, 3.8) is 0 Å². The van der Waals surface area contributed by atoms with Crippen molar-refractivity contribution in [1.29, 1.82) is 0 Å². The van der Waals surface area contributed by atoms with E-state index in [0.717, 1.165) is 36.5 Å². The molecule has 0 aliphatic carbocycles. The molecule has 5 nitrogen and oxygen atoms in total. The van der Waals surface area contributed by atoms with Crippen molar-refractivity contribution in [2.45, 2.75) is 19.4 Å². The molecule has 0 spiro atoms. The van der Waals surface area contributed by atoms with Crippen LogP contribution in [0.4, 0.5) is 0 Å². The highest BCUT2D eigenvalue weighted by molar-refractivity contribution is 9.10. The fourth-order valence-corrected chi connectivity index (χ4v) is 3.86. The molecule has 3 rings (SSSR count). The molecule has 28 heavy (non-hydrogen) atoms. The van der Waals surface area contributed by atoms with E-state index in [1.165, 1.54) is 11.1 Å². The zero-order chi connectivity index (χ0) is 19.8. The van der Waals surface area contributed by atoms with E-state index in [0.29, 0.717) is 18.9 Å². The number of likely N-dealkylation sites (tertiary alicyclic amines) is 1. The Hall–Kier alpha value is -2.34. The second kappa shape index (κ2) is 10.3. The van der Waals surface area contributed by atoms with Crippen molar-refractivity contribution in [2.75, 3.05) is 26.7 Å². The summed E-state index contributed by atoms with van der Waals surface area (Å²) in [6.07, 6.45) is 1.51. The highest BCUT2D eigenvalue weighted by Gasteiger charge is 2.29. The first-order chi connectivity index (χ1) is 13.6. The molecule has 2 aromatic rings. The predicted octanol–water partition coefficient (Wildman–Crippen LogP) is 3.21. The lowest BCUT2D eigenvalue weighted by Crippen LogP contribution is -2.40. The van der Waals surface area contributed by atoms with Crippen LogP contribution in [-0.2, 0) is 17.8 Å². The first-order valence-electron chi connectivity index (χ1n) is 9.64. The smallest absolute Gasteiger partial charge is 0.223 e. The molecule has 1 heterocycles. The zero-order valence-corrected chi connectivity index (χ0v) is 17.8. The summed E-state index contributed by atoms with van der Waals surface area (Å²) in [5.41, 5.74) is 2.45. The van der Waals surface area contributed by atoms with Gasteiger partial charge in [-0.3, -0.25) is 9.79 Å². The van der Waals surface area contributed by atoms with Gasteiger partial charge in [-0.1, -0.05) is 58.4 Å². The SMILES string of the molecule is CN=C(NCc1cccc(Br)c1)NCC1CC(=O)N(CCc2ccccc2)C1. The third-order valence-electron chi connectivity index (χ3n) is 4.94. The van der Waals surface area contributed by atoms with Crippen LogP contribution in [0.1, 0.15) is 17.5 Å². The Morgan fingerprint density at radius 3 is 2.68 bits per heavy atom. The van der Waals surface area contributed by atoms with Crippen LogP contribution in [0.5, 0.6) is 0 Å². The van der Waals surface area contributed by atoms with E-state index in [1.54, 1.807) is 7.05 Å². The number of hydrogen-bond acceptors (Lipinski definition) is 2. The Bertz CT molecular complexity index is 809. The third-order valence-corrected chi connectivity index (χ3v) is 5.43. The highest BCUT2D eigenvalue weighted by Crippen LogP contribution is 2.17. The molecule has 1 fully saturated rings. The number of rotatable bonds is 7. The van der Waals surface area contributed by atoms with Gasteiger partial charge in [0.2, 0.25) is 5.91 Å². The molecule has 0 saturated carbocycles. The van der Waals surface area contributed by atoms with Crippen molar-refractivity contribution in [2.24, 2.45) is 10.9 Å². The quantitative estimate of drug-likeness (QED) is 0.511. The summed E-state index contributed by atoms with van der Waals surface area (Å²) in [6.45, 7) is 3.04. The molecule has 0 radical (unpaired) electrons. The number of carbonyl (C=O) groups is 1. The standard InChI is InChI=1S/C22H27BrN4O/c1-24-22(25-14-18-8-5-9-20(23)12-18)26-15-19-13-21(28)27(16-19)11-10-17-6-3-2-4-7-17/h2-9,12,19H,10-11,13-16H2,1H3,(H2,24,25,26). The molecule has 148 valence electrons. The van der Waals surface area contributed by atoms with Gasteiger partial charge < -0.3 is 15.5 Å². The summed E-state index contributed by atoms with van der Waals surface area (Å²) in [6, 6.07) is 18.5. The number of nitrogens with zero attached hydrogens (tertiary/aromatic N) is 2. The average Bonchev–Trinajstić information content (AvgIpc) is 3.07. The number of aliphatic imine (C=N–C) groups is 1. The molecule has 6 heteroatoms. The Balaban J connectivity index is 1.41. The molecule has 1 aliphatic heterocycles. The molecular weight excluding hydrogens is 416 g/mol. The van der Waals surface area contributed by atoms with Gasteiger partial charge >= 0.3 is 0 Å². The van der Waals surface area contributed by atoms with Crippen LogP contribution >= 0.6 is 15.9 Å². The molecule has 2 aromatic carbocycles. The molecule has 1 unspecified atom stereocenters. The average molecular weight is 443 g/mol. The van der Waals surface area contributed by atoms with Crippen molar-refractivity contribution < 1.29 is 4.79 Å². The van der Waals surface area contributed by atoms with Gasteiger partial charge in [0.15, 0.2) is 5.96 Å². The van der Waals surface area contributed by atoms with Crippen LogP contribution in [-0.4, -0.2) is 43.4 Å². The van der Waals surface area contributed by atoms with Gasteiger partial charge in [-0.15, -0.1) is 0 Å². The lowest BCUT2D eigenvalue weighted by molar-refractivity contribution is -0.127. The Morgan fingerprint density at radius 1 is 1.14 bits per heavy atom. The van der Waals surface area contributed by atoms with Gasteiger partial charge in [-0.2, -0.15) is 0 Å². The first-order valence-corrected chi connectivity index (χ1v) is 10.4. The first kappa shape index (κ1) is 20.4. The minimum atomic E-state index is 0.250. The van der Waals surface area contributed by atoms with E-state index < -0.39 is 0 Å². The fraction of sp³-hybridized carbons (Fsp3) is 0.364. The monoisotopic (exact) mass is 442 g/mol. The van der Waals surface area contributed by atoms with E-state index in [1.807, 2.05) is 35.2 Å². The molecule has 0 aromatic heterocycles. The van der Waals surface area contributed by atoms with Crippen molar-refractivity contribution in [1.82, 2.24) is 15.5 Å². The van der Waals surface area contributed by atoms with Gasteiger partial charge in [0, 0.05) is 50.0 Å². The van der Waals surface area contributed by atoms with Crippen molar-refractivity contribution >= 4 is 27.8 Å². The molecule has 2 N–H and O–H groups in total. The van der Waals surface area contributed by atoms with Crippen molar-refractivity contribution in [3.8, 4) is 0 Å². The Kier molecular flexibility index (Phi) is 7.48. The summed E-state index contributed by atoms with van der Waals surface area (Å²) in [5, 5.41) is 6.68. The van der Waals surface area contributed by atoms with Gasteiger partial charge in [0.1, 0.15) is 0 Å². The van der Waals surface area contributed by atoms with E-state index in [-0.39, 0.29) is 5.91 Å². The summed E-state index contributed by atoms with van der Waals surface area (Å²) in [7, 11) is 1.77. The summed E-state index contributed by atoms with van der Waals surface area (Å²) in [5.74, 6) is 1.32. The number of amides is 1. The maximum absolute atomic E-state index is 12.3. The Labute approximate surface area is 175 Å². The van der Waals surface area contributed by atoms with Gasteiger partial charge in [0.25, 0.3) is 0 Å². The zero-order valence-electron chi connectivity index (χ0n) is 16.2. The highest BCUT2D eigenvalue weighted by atomic mass is 79.9. The largest absolute Gasteiger partial charge is 0.356 e. The van der Waals surface area contributed by atoms with Crippen LogP contribution in [0.15, 0.2) is 64.1 Å². The molecule has 1 atom stereocenters. The summed E-state index contributed by atoms with van der Waals surface area (Å²) in [4.78, 5) is 18.6. The predicted molar refractivity (Wildman–Crippen MR) is 117 cm³/mol. The second-order valence-electron chi connectivity index (χ2n) is 7.08. The van der Waals surface area contributed by atoms with E-state index >= 15 is 0 Å². The van der Waals surface area contributed by atoms with Gasteiger partial charge in [-0.05, 0) is 29.7 Å². The van der Waals surface area contributed by atoms with E-state index in [9.17, 15) is 4.79 Å². The van der Waals surface area contributed by atoms with Crippen LogP contribution in [0.3, 0.4) is 0 Å². The molecule has 1 saturated heterocycles. The van der Waals surface area contributed by atoms with Gasteiger partial charge in [-0.25, -0.2) is 0 Å². The van der Waals surface area contributed by atoms with E-state index in [2.05, 4.69) is 55.8 Å². The topological polar surface area (TPSA) is 56.7 Å². The Morgan fingerprint density at radius 2 is 1.93 bits per heavy atom. The molecule has 1 aliphatic rings. The molecular formula is C22H27BrN4O. The fourth-order valence-electron chi connectivity index (χ4n) is 3.41. The van der Waals surface area contributed by atoms with Crippen LogP contribution < -0.4 is 10.6 Å². The number of hydrogen-bond donors (Lipinski definition) is 2. The second-order valence-corrected chi connectivity index (χ2v) is 8.00. The normalized spacial score (nSPS) is 17.1. The molecule has 0 bridgehead atoms. The minimum Gasteiger partial charge on any atom is -0.356 e. The third kappa shape index (κ3) is 6.09. The maximum Gasteiger partial charge on any atom is 0.223 e. The number of halogens is 1. The number of nitrogens with one attached hydrogen (secondary N) is 2.